The van der Waals surface area contributed by atoms with Gasteiger partial charge in [0.2, 0.25) is 11.8 Å². The Morgan fingerprint density at radius 1 is 1.20 bits per heavy atom. The van der Waals surface area contributed by atoms with Crippen LogP contribution in [0.1, 0.15) is 29.6 Å². The molecule has 1 aliphatic heterocycles. The van der Waals surface area contributed by atoms with Crippen LogP contribution in [-0.4, -0.2) is 41.3 Å². The predicted octanol–water partition coefficient (Wildman–Crippen LogP) is 2.62. The first-order valence-corrected chi connectivity index (χ1v) is 8.47. The molecule has 0 aliphatic carbocycles. The third-order valence-corrected chi connectivity index (χ3v) is 4.03. The molecule has 25 heavy (non-hydrogen) atoms. The monoisotopic (exact) mass is 339 g/mol. The lowest BCUT2D eigenvalue weighted by molar-refractivity contribution is -0.127. The normalized spacial score (nSPS) is 13.8. The molecule has 1 saturated heterocycles. The van der Waals surface area contributed by atoms with Gasteiger partial charge in [-0.3, -0.25) is 9.59 Å². The molecule has 0 saturated carbocycles. The highest BCUT2D eigenvalue weighted by molar-refractivity contribution is 5.93. The number of ether oxygens (including phenoxy) is 1. The van der Waals surface area contributed by atoms with Gasteiger partial charge in [0.05, 0.1) is 5.56 Å². The summed E-state index contributed by atoms with van der Waals surface area (Å²) in [6, 6.07) is 12.7. The van der Waals surface area contributed by atoms with E-state index in [0.29, 0.717) is 36.7 Å². The highest BCUT2D eigenvalue weighted by Crippen LogP contribution is 2.18. The Morgan fingerprint density at radius 3 is 2.72 bits per heavy atom. The number of likely N-dealkylation sites (tertiary alicyclic amines) is 1. The molecule has 6 heteroatoms. The number of amides is 2. The fraction of sp³-hybridized carbons (Fsp3) is 0.316. The zero-order valence-electron chi connectivity index (χ0n) is 14.0. The van der Waals surface area contributed by atoms with Gasteiger partial charge in [0.1, 0.15) is 5.75 Å². The van der Waals surface area contributed by atoms with E-state index < -0.39 is 0 Å². The predicted molar refractivity (Wildman–Crippen MR) is 93.5 cm³/mol. The molecule has 1 aromatic heterocycles. The average molecular weight is 339 g/mol. The summed E-state index contributed by atoms with van der Waals surface area (Å²) < 4.78 is 5.60. The van der Waals surface area contributed by atoms with Crippen molar-refractivity contribution in [3.05, 3.63) is 54.2 Å². The van der Waals surface area contributed by atoms with Crippen molar-refractivity contribution in [2.24, 2.45) is 0 Å². The van der Waals surface area contributed by atoms with Crippen molar-refractivity contribution in [1.29, 1.82) is 0 Å². The van der Waals surface area contributed by atoms with E-state index in [1.807, 2.05) is 35.2 Å². The van der Waals surface area contributed by atoms with Crippen LogP contribution in [0.5, 0.6) is 11.6 Å². The lowest BCUT2D eigenvalue weighted by Crippen LogP contribution is -2.30. The molecule has 0 unspecified atom stereocenters. The van der Waals surface area contributed by atoms with E-state index in [1.54, 1.807) is 12.1 Å². The molecular formula is C19H21N3O3. The molecule has 130 valence electrons. The molecule has 1 fully saturated rings. The number of pyridine rings is 1. The van der Waals surface area contributed by atoms with E-state index in [4.69, 9.17) is 4.74 Å². The van der Waals surface area contributed by atoms with Gasteiger partial charge in [-0.05, 0) is 31.0 Å². The zero-order valence-corrected chi connectivity index (χ0v) is 14.0. The standard InChI is InChI=1S/C19H21N3O3/c23-18-8-4-12-22(18)13-5-11-20-19(24)15-9-10-17(21-14-15)25-16-6-2-1-3-7-16/h1-3,6-7,9-10,14H,4-5,8,11-13H2,(H,20,24). The highest BCUT2D eigenvalue weighted by atomic mass is 16.5. The van der Waals surface area contributed by atoms with Gasteiger partial charge in [0, 0.05) is 38.3 Å². The summed E-state index contributed by atoms with van der Waals surface area (Å²) >= 11 is 0. The van der Waals surface area contributed by atoms with E-state index >= 15 is 0 Å². The first-order valence-electron chi connectivity index (χ1n) is 8.47. The van der Waals surface area contributed by atoms with Gasteiger partial charge >= 0.3 is 0 Å². The van der Waals surface area contributed by atoms with Crippen molar-refractivity contribution in [3.63, 3.8) is 0 Å². The minimum absolute atomic E-state index is 0.175. The van der Waals surface area contributed by atoms with E-state index in [0.717, 1.165) is 19.4 Å². The van der Waals surface area contributed by atoms with Crippen LogP contribution in [0, 0.1) is 0 Å². The molecule has 0 spiro atoms. The Morgan fingerprint density at radius 2 is 2.04 bits per heavy atom. The maximum absolute atomic E-state index is 12.1. The number of hydrogen-bond acceptors (Lipinski definition) is 4. The van der Waals surface area contributed by atoms with Crippen LogP contribution in [0.4, 0.5) is 0 Å². The third kappa shape index (κ3) is 4.79. The summed E-state index contributed by atoms with van der Waals surface area (Å²) in [7, 11) is 0. The van der Waals surface area contributed by atoms with Crippen LogP contribution >= 0.6 is 0 Å². The van der Waals surface area contributed by atoms with E-state index in [9.17, 15) is 9.59 Å². The van der Waals surface area contributed by atoms with E-state index in [-0.39, 0.29) is 11.8 Å². The second-order valence-electron chi connectivity index (χ2n) is 5.89. The number of para-hydroxylation sites is 1. The number of benzene rings is 1. The fourth-order valence-electron chi connectivity index (χ4n) is 2.70. The summed E-state index contributed by atoms with van der Waals surface area (Å²) in [6.07, 6.45) is 3.83. The molecule has 1 aromatic carbocycles. The van der Waals surface area contributed by atoms with Gasteiger partial charge < -0.3 is 15.0 Å². The maximum atomic E-state index is 12.1. The first kappa shape index (κ1) is 17.0. The maximum Gasteiger partial charge on any atom is 0.252 e. The Balaban J connectivity index is 1.43. The van der Waals surface area contributed by atoms with Gasteiger partial charge in [0.25, 0.3) is 5.91 Å². The van der Waals surface area contributed by atoms with Crippen molar-refractivity contribution in [2.75, 3.05) is 19.6 Å². The van der Waals surface area contributed by atoms with Gasteiger partial charge in [-0.15, -0.1) is 0 Å². The molecule has 0 bridgehead atoms. The first-order chi connectivity index (χ1) is 12.2. The average Bonchev–Trinajstić information content (AvgIpc) is 3.05. The Labute approximate surface area is 146 Å². The summed E-state index contributed by atoms with van der Waals surface area (Å²) in [5, 5.41) is 2.85. The summed E-state index contributed by atoms with van der Waals surface area (Å²) in [6.45, 7) is 2.06. The Bertz CT molecular complexity index is 716. The number of rotatable bonds is 7. The van der Waals surface area contributed by atoms with Crippen molar-refractivity contribution in [2.45, 2.75) is 19.3 Å². The second-order valence-corrected chi connectivity index (χ2v) is 5.89. The molecule has 0 atom stereocenters. The SMILES string of the molecule is O=C(NCCCN1CCCC1=O)c1ccc(Oc2ccccc2)nc1. The quantitative estimate of drug-likeness (QED) is 0.787. The summed E-state index contributed by atoms with van der Waals surface area (Å²) in [5.41, 5.74) is 0.484. The second kappa shape index (κ2) is 8.28. The van der Waals surface area contributed by atoms with E-state index in [2.05, 4.69) is 10.3 Å². The Hall–Kier alpha value is -2.89. The lowest BCUT2D eigenvalue weighted by Gasteiger charge is -2.15. The number of carbonyl (C=O) groups excluding carboxylic acids is 2. The molecule has 2 aromatic rings. The van der Waals surface area contributed by atoms with Crippen LogP contribution in [0.3, 0.4) is 0 Å². The van der Waals surface area contributed by atoms with Crippen LogP contribution < -0.4 is 10.1 Å². The van der Waals surface area contributed by atoms with Crippen molar-refractivity contribution in [1.82, 2.24) is 15.2 Å². The fourth-order valence-corrected chi connectivity index (χ4v) is 2.70. The van der Waals surface area contributed by atoms with Crippen molar-refractivity contribution < 1.29 is 14.3 Å². The van der Waals surface area contributed by atoms with Gasteiger partial charge in [0.15, 0.2) is 0 Å². The minimum atomic E-state index is -0.175. The molecule has 2 heterocycles. The van der Waals surface area contributed by atoms with Crippen LogP contribution in [0.25, 0.3) is 0 Å². The molecule has 1 aliphatic rings. The minimum Gasteiger partial charge on any atom is -0.439 e. The van der Waals surface area contributed by atoms with Crippen LogP contribution in [0.15, 0.2) is 48.7 Å². The van der Waals surface area contributed by atoms with Crippen molar-refractivity contribution in [3.8, 4) is 11.6 Å². The van der Waals surface area contributed by atoms with Crippen molar-refractivity contribution >= 4 is 11.8 Å². The summed E-state index contributed by atoms with van der Waals surface area (Å²) in [5.74, 6) is 1.18. The number of nitrogens with one attached hydrogen (secondary N) is 1. The molecule has 3 rings (SSSR count). The van der Waals surface area contributed by atoms with Gasteiger partial charge in [-0.2, -0.15) is 0 Å². The molecule has 0 radical (unpaired) electrons. The number of carbonyl (C=O) groups is 2. The number of nitrogens with zero attached hydrogens (tertiary/aromatic N) is 2. The smallest absolute Gasteiger partial charge is 0.252 e. The zero-order chi connectivity index (χ0) is 17.5. The number of hydrogen-bond donors (Lipinski definition) is 1. The highest BCUT2D eigenvalue weighted by Gasteiger charge is 2.19. The topological polar surface area (TPSA) is 71.5 Å². The lowest BCUT2D eigenvalue weighted by atomic mass is 10.2. The molecule has 6 nitrogen and oxygen atoms in total. The van der Waals surface area contributed by atoms with Crippen LogP contribution in [0.2, 0.25) is 0 Å². The van der Waals surface area contributed by atoms with Crippen LogP contribution in [-0.2, 0) is 4.79 Å². The number of aromatic nitrogens is 1. The molecule has 1 N–H and O–H groups in total. The molecular weight excluding hydrogens is 318 g/mol. The Kier molecular flexibility index (Phi) is 5.61. The van der Waals surface area contributed by atoms with E-state index in [1.165, 1.54) is 6.20 Å². The summed E-state index contributed by atoms with van der Waals surface area (Å²) in [4.78, 5) is 29.6. The van der Waals surface area contributed by atoms with Gasteiger partial charge in [-0.1, -0.05) is 18.2 Å². The van der Waals surface area contributed by atoms with Gasteiger partial charge in [-0.25, -0.2) is 4.98 Å². The molecule has 2 amide bonds. The largest absolute Gasteiger partial charge is 0.439 e. The third-order valence-electron chi connectivity index (χ3n) is 4.03.